The van der Waals surface area contributed by atoms with E-state index in [0.29, 0.717) is 11.1 Å². The molecule has 0 saturated carbocycles. The van der Waals surface area contributed by atoms with Crippen LogP contribution < -0.4 is 5.73 Å². The number of nitrogen functional groups attached to an aromatic ring is 1. The summed E-state index contributed by atoms with van der Waals surface area (Å²) in [6, 6.07) is 13.5. The van der Waals surface area contributed by atoms with Crippen LogP contribution in [0.15, 0.2) is 48.5 Å². The second kappa shape index (κ2) is 5.35. The van der Waals surface area contributed by atoms with Crippen LogP contribution in [0.3, 0.4) is 0 Å². The van der Waals surface area contributed by atoms with Gasteiger partial charge in [-0.25, -0.2) is 4.79 Å². The van der Waals surface area contributed by atoms with Crippen LogP contribution in [0.1, 0.15) is 26.3 Å². The number of ether oxygens (including phenoxy) is 1. The molecule has 19 heavy (non-hydrogen) atoms. The summed E-state index contributed by atoms with van der Waals surface area (Å²) in [6.45, 7) is 0. The van der Waals surface area contributed by atoms with E-state index in [1.165, 1.54) is 13.2 Å². The van der Waals surface area contributed by atoms with Crippen molar-refractivity contribution in [3.05, 3.63) is 65.2 Å². The molecule has 0 spiro atoms. The Morgan fingerprint density at radius 1 is 0.947 bits per heavy atom. The molecule has 2 rings (SSSR count). The van der Waals surface area contributed by atoms with Gasteiger partial charge in [0.1, 0.15) is 0 Å². The smallest absolute Gasteiger partial charge is 0.339 e. The summed E-state index contributed by atoms with van der Waals surface area (Å²) in [5.41, 5.74) is 7.04. The third-order valence-corrected chi connectivity index (χ3v) is 2.79. The van der Waals surface area contributed by atoms with E-state index < -0.39 is 5.97 Å². The predicted octanol–water partition coefficient (Wildman–Crippen LogP) is 2.29. The van der Waals surface area contributed by atoms with Crippen LogP contribution in [0, 0.1) is 0 Å². The Labute approximate surface area is 110 Å². The first kappa shape index (κ1) is 12.8. The molecule has 0 aliphatic carbocycles. The lowest BCUT2D eigenvalue weighted by Crippen LogP contribution is -2.11. The minimum absolute atomic E-state index is 0.142. The van der Waals surface area contributed by atoms with Crippen molar-refractivity contribution in [2.45, 2.75) is 0 Å². The number of hydrogen-bond acceptors (Lipinski definition) is 4. The first-order valence-corrected chi connectivity index (χ1v) is 5.71. The fourth-order valence-electron chi connectivity index (χ4n) is 1.80. The van der Waals surface area contributed by atoms with Crippen molar-refractivity contribution in [3.8, 4) is 0 Å². The van der Waals surface area contributed by atoms with E-state index in [0.717, 1.165) is 0 Å². The maximum atomic E-state index is 12.3. The van der Waals surface area contributed by atoms with Gasteiger partial charge in [-0.1, -0.05) is 36.4 Å². The van der Waals surface area contributed by atoms with Crippen molar-refractivity contribution in [2.24, 2.45) is 0 Å². The molecular formula is C15H13NO3. The molecule has 0 aromatic heterocycles. The topological polar surface area (TPSA) is 69.4 Å². The minimum Gasteiger partial charge on any atom is -0.465 e. The Morgan fingerprint density at radius 2 is 1.58 bits per heavy atom. The van der Waals surface area contributed by atoms with Gasteiger partial charge < -0.3 is 10.5 Å². The van der Waals surface area contributed by atoms with Crippen molar-refractivity contribution in [3.63, 3.8) is 0 Å². The molecule has 0 bridgehead atoms. The fourth-order valence-corrected chi connectivity index (χ4v) is 1.80. The number of ketones is 1. The monoisotopic (exact) mass is 255 g/mol. The van der Waals surface area contributed by atoms with E-state index in [-0.39, 0.29) is 17.0 Å². The van der Waals surface area contributed by atoms with Gasteiger partial charge in [-0.15, -0.1) is 0 Å². The third kappa shape index (κ3) is 2.47. The van der Waals surface area contributed by atoms with Gasteiger partial charge in [0.2, 0.25) is 0 Å². The highest BCUT2D eigenvalue weighted by Crippen LogP contribution is 2.21. The number of hydrogen-bond donors (Lipinski definition) is 1. The van der Waals surface area contributed by atoms with E-state index in [2.05, 4.69) is 4.74 Å². The average Bonchev–Trinajstić information content (AvgIpc) is 2.47. The summed E-state index contributed by atoms with van der Waals surface area (Å²) in [4.78, 5) is 23.8. The summed E-state index contributed by atoms with van der Waals surface area (Å²) in [5.74, 6) is -0.774. The van der Waals surface area contributed by atoms with Crippen molar-refractivity contribution in [1.82, 2.24) is 0 Å². The molecule has 96 valence electrons. The molecule has 0 aliphatic rings. The molecule has 2 aromatic rings. The van der Waals surface area contributed by atoms with Gasteiger partial charge >= 0.3 is 5.97 Å². The number of carbonyl (C=O) groups excluding carboxylic acids is 2. The molecule has 0 unspecified atom stereocenters. The van der Waals surface area contributed by atoms with E-state index >= 15 is 0 Å². The molecule has 0 amide bonds. The van der Waals surface area contributed by atoms with Crippen molar-refractivity contribution >= 4 is 17.4 Å². The lowest BCUT2D eigenvalue weighted by Gasteiger charge is -2.08. The van der Waals surface area contributed by atoms with E-state index in [1.807, 2.05) is 6.07 Å². The largest absolute Gasteiger partial charge is 0.465 e. The normalized spacial score (nSPS) is 9.95. The van der Waals surface area contributed by atoms with Crippen LogP contribution >= 0.6 is 0 Å². The van der Waals surface area contributed by atoms with Gasteiger partial charge in [-0.2, -0.15) is 0 Å². The van der Waals surface area contributed by atoms with Gasteiger partial charge in [-0.05, 0) is 12.1 Å². The van der Waals surface area contributed by atoms with Crippen molar-refractivity contribution in [2.75, 3.05) is 12.8 Å². The number of anilines is 1. The van der Waals surface area contributed by atoms with Crippen molar-refractivity contribution < 1.29 is 14.3 Å². The summed E-state index contributed by atoms with van der Waals surface area (Å²) in [6.07, 6.45) is 0. The molecule has 0 aliphatic heterocycles. The summed E-state index contributed by atoms with van der Waals surface area (Å²) in [7, 11) is 1.27. The van der Waals surface area contributed by atoms with E-state index in [4.69, 9.17) is 5.73 Å². The number of carbonyl (C=O) groups is 2. The van der Waals surface area contributed by atoms with Gasteiger partial charge in [0.05, 0.1) is 18.4 Å². The Kier molecular flexibility index (Phi) is 3.61. The number of methoxy groups -OCH3 is 1. The predicted molar refractivity (Wildman–Crippen MR) is 72.1 cm³/mol. The van der Waals surface area contributed by atoms with E-state index in [9.17, 15) is 9.59 Å². The average molecular weight is 255 g/mol. The Balaban J connectivity index is 2.47. The Hall–Kier alpha value is -2.62. The molecular weight excluding hydrogens is 242 g/mol. The zero-order valence-corrected chi connectivity index (χ0v) is 10.4. The molecule has 2 N–H and O–H groups in total. The summed E-state index contributed by atoms with van der Waals surface area (Å²) >= 11 is 0. The highest BCUT2D eigenvalue weighted by Gasteiger charge is 2.17. The standard InChI is InChI=1S/C15H13NO3/c1-19-15(18)12-9-5-8-11(13(12)16)14(17)10-6-3-2-4-7-10/h2-9H,16H2,1H3. The zero-order valence-electron chi connectivity index (χ0n) is 10.4. The van der Waals surface area contributed by atoms with Crippen LogP contribution in [-0.2, 0) is 4.74 Å². The Morgan fingerprint density at radius 3 is 2.21 bits per heavy atom. The molecule has 0 saturated heterocycles. The number of esters is 1. The molecule has 4 heteroatoms. The second-order valence-corrected chi connectivity index (χ2v) is 3.95. The summed E-state index contributed by atoms with van der Waals surface area (Å²) < 4.78 is 4.63. The molecule has 0 fully saturated rings. The molecule has 0 heterocycles. The summed E-state index contributed by atoms with van der Waals surface area (Å²) in [5, 5.41) is 0. The third-order valence-electron chi connectivity index (χ3n) is 2.79. The van der Waals surface area contributed by atoms with E-state index in [1.54, 1.807) is 36.4 Å². The lowest BCUT2D eigenvalue weighted by atomic mass is 9.99. The second-order valence-electron chi connectivity index (χ2n) is 3.95. The van der Waals surface area contributed by atoms with Crippen LogP contribution in [0.5, 0.6) is 0 Å². The zero-order chi connectivity index (χ0) is 13.8. The van der Waals surface area contributed by atoms with Crippen LogP contribution in [-0.4, -0.2) is 18.9 Å². The number of para-hydroxylation sites is 1. The first-order chi connectivity index (χ1) is 9.15. The fraction of sp³-hybridized carbons (Fsp3) is 0.0667. The quantitative estimate of drug-likeness (QED) is 0.519. The van der Waals surface area contributed by atoms with Crippen LogP contribution in [0.4, 0.5) is 5.69 Å². The van der Waals surface area contributed by atoms with Crippen LogP contribution in [0.25, 0.3) is 0 Å². The first-order valence-electron chi connectivity index (χ1n) is 5.71. The SMILES string of the molecule is COC(=O)c1cccc(C(=O)c2ccccc2)c1N. The number of rotatable bonds is 3. The van der Waals surface area contributed by atoms with Gasteiger partial charge in [0, 0.05) is 11.1 Å². The van der Waals surface area contributed by atoms with Gasteiger partial charge in [0.25, 0.3) is 0 Å². The van der Waals surface area contributed by atoms with Gasteiger partial charge in [0.15, 0.2) is 5.78 Å². The molecule has 0 radical (unpaired) electrons. The lowest BCUT2D eigenvalue weighted by molar-refractivity contribution is 0.0602. The number of nitrogens with two attached hydrogens (primary N) is 1. The number of benzene rings is 2. The Bertz CT molecular complexity index is 621. The van der Waals surface area contributed by atoms with Crippen LogP contribution in [0.2, 0.25) is 0 Å². The molecule has 2 aromatic carbocycles. The maximum absolute atomic E-state index is 12.3. The highest BCUT2D eigenvalue weighted by molar-refractivity contribution is 6.14. The maximum Gasteiger partial charge on any atom is 0.339 e. The molecule has 0 atom stereocenters. The van der Waals surface area contributed by atoms with Gasteiger partial charge in [-0.3, -0.25) is 4.79 Å². The minimum atomic E-state index is -0.555. The molecule has 4 nitrogen and oxygen atoms in total. The highest BCUT2D eigenvalue weighted by atomic mass is 16.5. The van der Waals surface area contributed by atoms with Crippen molar-refractivity contribution in [1.29, 1.82) is 0 Å².